The van der Waals surface area contributed by atoms with Gasteiger partial charge in [-0.05, 0) is 36.4 Å². The molecule has 110 valence electrons. The fraction of sp³-hybridized carbons (Fsp3) is 0.0769. The average molecular weight is 370 g/mol. The zero-order valence-electron chi connectivity index (χ0n) is 10.8. The van der Waals surface area contributed by atoms with E-state index in [0.29, 0.717) is 5.82 Å². The second-order valence-corrected chi connectivity index (χ2v) is 6.72. The smallest absolute Gasteiger partial charge is 0.241 e. The topological polar surface area (TPSA) is 88.2 Å². The number of sulfonamides is 1. The highest BCUT2D eigenvalue weighted by atomic mass is 79.9. The van der Waals surface area contributed by atoms with Gasteiger partial charge in [0, 0.05) is 10.7 Å². The molecule has 0 fully saturated rings. The molecule has 21 heavy (non-hydrogen) atoms. The number of carbonyl (C=O) groups is 1. The Morgan fingerprint density at radius 2 is 1.86 bits per heavy atom. The van der Waals surface area contributed by atoms with Gasteiger partial charge in [-0.25, -0.2) is 18.1 Å². The molecule has 0 atom stereocenters. The third-order valence-electron chi connectivity index (χ3n) is 2.48. The van der Waals surface area contributed by atoms with Gasteiger partial charge < -0.3 is 5.32 Å². The summed E-state index contributed by atoms with van der Waals surface area (Å²) in [6.07, 6.45) is 1.53. The number of amides is 1. The van der Waals surface area contributed by atoms with E-state index in [-0.39, 0.29) is 11.4 Å². The highest BCUT2D eigenvalue weighted by molar-refractivity contribution is 9.10. The van der Waals surface area contributed by atoms with E-state index in [9.17, 15) is 13.2 Å². The molecule has 0 spiro atoms. The summed E-state index contributed by atoms with van der Waals surface area (Å²) in [5.41, 5.74) is 0. The lowest BCUT2D eigenvalue weighted by Gasteiger charge is -2.07. The zero-order valence-corrected chi connectivity index (χ0v) is 13.2. The summed E-state index contributed by atoms with van der Waals surface area (Å²) in [5, 5.41) is 2.49. The van der Waals surface area contributed by atoms with Crippen LogP contribution in [0.2, 0.25) is 0 Å². The van der Waals surface area contributed by atoms with Crippen LogP contribution in [-0.4, -0.2) is 25.9 Å². The molecule has 2 N–H and O–H groups in total. The number of hydrogen-bond acceptors (Lipinski definition) is 4. The van der Waals surface area contributed by atoms with E-state index in [1.165, 1.54) is 18.3 Å². The summed E-state index contributed by atoms with van der Waals surface area (Å²) >= 11 is 3.23. The van der Waals surface area contributed by atoms with Crippen LogP contribution in [0.1, 0.15) is 0 Å². The van der Waals surface area contributed by atoms with Gasteiger partial charge in [0.05, 0.1) is 11.4 Å². The lowest BCUT2D eigenvalue weighted by atomic mass is 10.4. The van der Waals surface area contributed by atoms with Gasteiger partial charge in [-0.1, -0.05) is 22.0 Å². The van der Waals surface area contributed by atoms with Gasteiger partial charge in [-0.2, -0.15) is 0 Å². The second-order valence-electron chi connectivity index (χ2n) is 4.04. The number of nitrogens with one attached hydrogen (secondary N) is 2. The summed E-state index contributed by atoms with van der Waals surface area (Å²) in [6.45, 7) is -0.366. The second kappa shape index (κ2) is 6.79. The number of benzene rings is 1. The Balaban J connectivity index is 1.95. The lowest BCUT2D eigenvalue weighted by Crippen LogP contribution is -2.33. The summed E-state index contributed by atoms with van der Waals surface area (Å²) < 4.78 is 27.0. The molecule has 1 aromatic carbocycles. The fourth-order valence-corrected chi connectivity index (χ4v) is 2.73. The van der Waals surface area contributed by atoms with Crippen molar-refractivity contribution in [2.75, 3.05) is 11.9 Å². The van der Waals surface area contributed by atoms with Crippen molar-refractivity contribution in [2.45, 2.75) is 4.90 Å². The molecule has 2 aromatic rings. The van der Waals surface area contributed by atoms with E-state index in [4.69, 9.17) is 0 Å². The van der Waals surface area contributed by atoms with Crippen LogP contribution in [0.15, 0.2) is 58.0 Å². The van der Waals surface area contributed by atoms with Crippen molar-refractivity contribution < 1.29 is 13.2 Å². The standard InChI is InChI=1S/C13H12BrN3O3S/c14-10-4-6-11(7-5-10)21(19,20)16-9-13(18)17-12-3-1-2-8-15-12/h1-8,16H,9H2,(H,15,17,18). The Hall–Kier alpha value is -1.77. The van der Waals surface area contributed by atoms with E-state index in [0.717, 1.165) is 4.47 Å². The number of pyridine rings is 1. The molecule has 0 aliphatic rings. The van der Waals surface area contributed by atoms with Gasteiger partial charge in [0.25, 0.3) is 0 Å². The molecule has 0 aliphatic carbocycles. The van der Waals surface area contributed by atoms with Gasteiger partial charge in [0.15, 0.2) is 0 Å². The van der Waals surface area contributed by atoms with Crippen molar-refractivity contribution in [1.82, 2.24) is 9.71 Å². The SMILES string of the molecule is O=C(CNS(=O)(=O)c1ccc(Br)cc1)Nc1ccccn1. The summed E-state index contributed by atoms with van der Waals surface area (Å²) in [6, 6.07) is 11.2. The maximum atomic E-state index is 12.0. The molecule has 0 radical (unpaired) electrons. The van der Waals surface area contributed by atoms with E-state index in [1.54, 1.807) is 30.3 Å². The summed E-state index contributed by atoms with van der Waals surface area (Å²) in [4.78, 5) is 15.7. The highest BCUT2D eigenvalue weighted by Gasteiger charge is 2.15. The molecular weight excluding hydrogens is 358 g/mol. The van der Waals surface area contributed by atoms with E-state index < -0.39 is 15.9 Å². The Labute approximate surface area is 130 Å². The number of anilines is 1. The first kappa shape index (κ1) is 15.6. The molecule has 0 unspecified atom stereocenters. The molecule has 8 heteroatoms. The van der Waals surface area contributed by atoms with Crippen LogP contribution in [0, 0.1) is 0 Å². The number of rotatable bonds is 5. The molecule has 0 saturated carbocycles. The number of nitrogens with zero attached hydrogens (tertiary/aromatic N) is 1. The Morgan fingerprint density at radius 1 is 1.14 bits per heavy atom. The largest absolute Gasteiger partial charge is 0.310 e. The molecule has 1 aromatic heterocycles. The van der Waals surface area contributed by atoms with Crippen LogP contribution in [0.4, 0.5) is 5.82 Å². The molecule has 2 rings (SSSR count). The van der Waals surface area contributed by atoms with Crippen molar-refractivity contribution in [2.24, 2.45) is 0 Å². The minimum absolute atomic E-state index is 0.0938. The monoisotopic (exact) mass is 369 g/mol. The molecule has 0 aliphatic heterocycles. The molecule has 0 saturated heterocycles. The molecule has 6 nitrogen and oxygen atoms in total. The maximum absolute atomic E-state index is 12.0. The van der Waals surface area contributed by atoms with Crippen molar-refractivity contribution in [3.05, 3.63) is 53.1 Å². The van der Waals surface area contributed by atoms with Gasteiger partial charge >= 0.3 is 0 Å². The van der Waals surface area contributed by atoms with Crippen LogP contribution in [-0.2, 0) is 14.8 Å². The first-order valence-corrected chi connectivity index (χ1v) is 8.21. The summed E-state index contributed by atoms with van der Waals surface area (Å²) in [5.74, 6) is -0.125. The molecule has 1 amide bonds. The van der Waals surface area contributed by atoms with Crippen LogP contribution in [0.5, 0.6) is 0 Å². The molecule has 0 bridgehead atoms. The van der Waals surface area contributed by atoms with Crippen LogP contribution >= 0.6 is 15.9 Å². The predicted octanol–water partition coefficient (Wildman–Crippen LogP) is 1.76. The first-order chi connectivity index (χ1) is 9.97. The van der Waals surface area contributed by atoms with Gasteiger partial charge in [-0.3, -0.25) is 4.79 Å². The fourth-order valence-electron chi connectivity index (χ4n) is 1.48. The quantitative estimate of drug-likeness (QED) is 0.840. The number of halogens is 1. The van der Waals surface area contributed by atoms with E-state index in [1.807, 2.05) is 0 Å². The average Bonchev–Trinajstić information content (AvgIpc) is 2.47. The van der Waals surface area contributed by atoms with Crippen molar-refractivity contribution >= 4 is 37.7 Å². The van der Waals surface area contributed by atoms with Crippen LogP contribution < -0.4 is 10.0 Å². The molecule has 1 heterocycles. The van der Waals surface area contributed by atoms with Crippen molar-refractivity contribution in [1.29, 1.82) is 0 Å². The van der Waals surface area contributed by atoms with Gasteiger partial charge in [0.2, 0.25) is 15.9 Å². The number of aromatic nitrogens is 1. The van der Waals surface area contributed by atoms with Crippen molar-refractivity contribution in [3.63, 3.8) is 0 Å². The highest BCUT2D eigenvalue weighted by Crippen LogP contribution is 2.14. The lowest BCUT2D eigenvalue weighted by molar-refractivity contribution is -0.115. The van der Waals surface area contributed by atoms with Crippen LogP contribution in [0.25, 0.3) is 0 Å². The maximum Gasteiger partial charge on any atom is 0.241 e. The Kier molecular flexibility index (Phi) is 5.05. The third-order valence-corrected chi connectivity index (χ3v) is 4.42. The van der Waals surface area contributed by atoms with Crippen molar-refractivity contribution in [3.8, 4) is 0 Å². The number of carbonyl (C=O) groups excluding carboxylic acids is 1. The third kappa shape index (κ3) is 4.62. The van der Waals surface area contributed by atoms with E-state index in [2.05, 4.69) is 31.0 Å². The summed E-state index contributed by atoms with van der Waals surface area (Å²) in [7, 11) is -3.72. The van der Waals surface area contributed by atoms with Crippen LogP contribution in [0.3, 0.4) is 0 Å². The Morgan fingerprint density at radius 3 is 2.48 bits per heavy atom. The van der Waals surface area contributed by atoms with Gasteiger partial charge in [-0.15, -0.1) is 0 Å². The normalized spacial score (nSPS) is 11.1. The number of hydrogen-bond donors (Lipinski definition) is 2. The van der Waals surface area contributed by atoms with E-state index >= 15 is 0 Å². The minimum atomic E-state index is -3.72. The first-order valence-electron chi connectivity index (χ1n) is 5.93. The Bertz CT molecular complexity index is 718. The molecular formula is C13H12BrN3O3S. The minimum Gasteiger partial charge on any atom is -0.310 e. The predicted molar refractivity (Wildman–Crippen MR) is 82.2 cm³/mol. The van der Waals surface area contributed by atoms with Gasteiger partial charge in [0.1, 0.15) is 5.82 Å². The zero-order chi connectivity index (χ0) is 15.3.